The molecule has 1 N–H and O–H groups in total. The van der Waals surface area contributed by atoms with Crippen molar-refractivity contribution in [2.75, 3.05) is 0 Å². The van der Waals surface area contributed by atoms with Gasteiger partial charge in [0.25, 0.3) is 0 Å². The van der Waals surface area contributed by atoms with Crippen LogP contribution in [0.5, 0.6) is 0 Å². The fourth-order valence-electron chi connectivity index (χ4n) is 2.05. The first kappa shape index (κ1) is 11.4. The lowest BCUT2D eigenvalue weighted by Gasteiger charge is -2.15. The first-order valence-corrected chi connectivity index (χ1v) is 5.52. The molecule has 0 unspecified atom stereocenters. The Labute approximate surface area is 98.0 Å². The predicted molar refractivity (Wildman–Crippen MR) is 59.4 cm³/mol. The molecule has 2 rings (SSSR count). The van der Waals surface area contributed by atoms with Gasteiger partial charge in [0.15, 0.2) is 0 Å². The van der Waals surface area contributed by atoms with Crippen molar-refractivity contribution in [2.45, 2.75) is 31.4 Å². The molecular formula is C12H12ClFO2. The van der Waals surface area contributed by atoms with Gasteiger partial charge in [-0.1, -0.05) is 23.7 Å². The quantitative estimate of drug-likeness (QED) is 0.880. The number of benzene rings is 1. The summed E-state index contributed by atoms with van der Waals surface area (Å²) in [5.74, 6) is -0.817. The Morgan fingerprint density at radius 2 is 2.19 bits per heavy atom. The molecule has 1 fully saturated rings. The van der Waals surface area contributed by atoms with Crippen molar-refractivity contribution < 1.29 is 14.3 Å². The van der Waals surface area contributed by atoms with Crippen LogP contribution in [0.4, 0.5) is 4.39 Å². The van der Waals surface area contributed by atoms with Crippen molar-refractivity contribution in [3.63, 3.8) is 0 Å². The summed E-state index contributed by atoms with van der Waals surface area (Å²) in [6, 6.07) is 5.01. The van der Waals surface area contributed by atoms with Gasteiger partial charge in [-0.2, -0.15) is 0 Å². The second kappa shape index (κ2) is 4.06. The lowest BCUT2D eigenvalue weighted by molar-refractivity contribution is -0.137. The molecule has 0 radical (unpaired) electrons. The fourth-order valence-corrected chi connectivity index (χ4v) is 2.46. The van der Waals surface area contributed by atoms with Gasteiger partial charge in [0.2, 0.25) is 0 Å². The molecule has 0 saturated heterocycles. The topological polar surface area (TPSA) is 37.3 Å². The van der Waals surface area contributed by atoms with Crippen LogP contribution in [0.3, 0.4) is 0 Å². The minimum Gasteiger partial charge on any atom is -0.481 e. The number of carboxylic acid groups (broad SMARTS) is 1. The molecule has 0 heterocycles. The number of rotatable bonds is 4. The summed E-state index contributed by atoms with van der Waals surface area (Å²) >= 11 is 6.06. The van der Waals surface area contributed by atoms with Crippen LogP contribution < -0.4 is 0 Å². The molecule has 0 aliphatic heterocycles. The Kier molecular flexibility index (Phi) is 2.89. The molecule has 16 heavy (non-hydrogen) atoms. The Morgan fingerprint density at radius 3 is 2.62 bits per heavy atom. The highest BCUT2D eigenvalue weighted by molar-refractivity contribution is 6.31. The maximum absolute atomic E-state index is 12.4. The number of carbonyl (C=O) groups is 1. The molecule has 1 saturated carbocycles. The SMILES string of the molecule is O=C(O)CC1(c2ccc(CF)cc2Cl)CC1. The molecule has 1 aromatic rings. The van der Waals surface area contributed by atoms with Crippen molar-refractivity contribution in [1.82, 2.24) is 0 Å². The van der Waals surface area contributed by atoms with E-state index in [9.17, 15) is 9.18 Å². The third kappa shape index (κ3) is 2.05. The van der Waals surface area contributed by atoms with Crippen LogP contribution >= 0.6 is 11.6 Å². The van der Waals surface area contributed by atoms with Gasteiger partial charge in [0.1, 0.15) is 6.67 Å². The van der Waals surface area contributed by atoms with Gasteiger partial charge in [0, 0.05) is 10.4 Å². The van der Waals surface area contributed by atoms with Crippen LogP contribution in [-0.4, -0.2) is 11.1 Å². The van der Waals surface area contributed by atoms with Crippen molar-refractivity contribution in [2.24, 2.45) is 0 Å². The van der Waals surface area contributed by atoms with E-state index < -0.39 is 12.6 Å². The molecular weight excluding hydrogens is 231 g/mol. The first-order valence-electron chi connectivity index (χ1n) is 5.14. The lowest BCUT2D eigenvalue weighted by atomic mass is 9.92. The van der Waals surface area contributed by atoms with E-state index in [0.29, 0.717) is 10.6 Å². The fraction of sp³-hybridized carbons (Fsp3) is 0.417. The van der Waals surface area contributed by atoms with E-state index in [4.69, 9.17) is 16.7 Å². The zero-order valence-corrected chi connectivity index (χ0v) is 9.43. The largest absolute Gasteiger partial charge is 0.481 e. The van der Waals surface area contributed by atoms with Gasteiger partial charge in [-0.3, -0.25) is 4.79 Å². The van der Waals surface area contributed by atoms with E-state index in [0.717, 1.165) is 18.4 Å². The highest BCUT2D eigenvalue weighted by atomic mass is 35.5. The normalized spacial score (nSPS) is 17.1. The third-order valence-corrected chi connectivity index (χ3v) is 3.42. The Hall–Kier alpha value is -1.09. The Morgan fingerprint density at radius 1 is 1.50 bits per heavy atom. The minimum atomic E-state index is -0.817. The zero-order valence-electron chi connectivity index (χ0n) is 8.67. The molecule has 0 amide bonds. The summed E-state index contributed by atoms with van der Waals surface area (Å²) < 4.78 is 12.4. The van der Waals surface area contributed by atoms with E-state index in [-0.39, 0.29) is 11.8 Å². The highest BCUT2D eigenvalue weighted by Crippen LogP contribution is 2.53. The summed E-state index contributed by atoms with van der Waals surface area (Å²) in [5.41, 5.74) is 1.06. The van der Waals surface area contributed by atoms with E-state index in [1.807, 2.05) is 0 Å². The number of hydrogen-bond donors (Lipinski definition) is 1. The van der Waals surface area contributed by atoms with Gasteiger partial charge < -0.3 is 5.11 Å². The second-order valence-corrected chi connectivity index (χ2v) is 4.71. The van der Waals surface area contributed by atoms with Crippen LogP contribution in [0.1, 0.15) is 30.4 Å². The number of hydrogen-bond acceptors (Lipinski definition) is 1. The van der Waals surface area contributed by atoms with Crippen LogP contribution in [0, 0.1) is 0 Å². The number of halogens is 2. The monoisotopic (exact) mass is 242 g/mol. The molecule has 4 heteroatoms. The summed E-state index contributed by atoms with van der Waals surface area (Å²) in [7, 11) is 0. The first-order chi connectivity index (χ1) is 7.57. The van der Waals surface area contributed by atoms with E-state index >= 15 is 0 Å². The third-order valence-electron chi connectivity index (χ3n) is 3.10. The number of alkyl halides is 1. The molecule has 0 spiro atoms. The van der Waals surface area contributed by atoms with Gasteiger partial charge in [0.05, 0.1) is 6.42 Å². The average molecular weight is 243 g/mol. The van der Waals surface area contributed by atoms with Gasteiger partial charge >= 0.3 is 5.97 Å². The maximum Gasteiger partial charge on any atom is 0.304 e. The van der Waals surface area contributed by atoms with Crippen LogP contribution in [-0.2, 0) is 16.9 Å². The van der Waals surface area contributed by atoms with Crippen molar-refractivity contribution in [1.29, 1.82) is 0 Å². The summed E-state index contributed by atoms with van der Waals surface area (Å²) in [6.07, 6.45) is 1.78. The maximum atomic E-state index is 12.4. The number of carboxylic acids is 1. The van der Waals surface area contributed by atoms with E-state index in [1.165, 1.54) is 0 Å². The number of aliphatic carboxylic acids is 1. The summed E-state index contributed by atoms with van der Waals surface area (Å²) in [5, 5.41) is 9.32. The minimum absolute atomic E-state index is 0.0989. The van der Waals surface area contributed by atoms with Crippen LogP contribution in [0.15, 0.2) is 18.2 Å². The second-order valence-electron chi connectivity index (χ2n) is 4.30. The summed E-state index contributed by atoms with van der Waals surface area (Å²) in [4.78, 5) is 10.8. The average Bonchev–Trinajstić information content (AvgIpc) is 2.97. The Bertz CT molecular complexity index is 427. The van der Waals surface area contributed by atoms with Gasteiger partial charge in [-0.05, 0) is 30.0 Å². The molecule has 86 valence electrons. The van der Waals surface area contributed by atoms with Crippen molar-refractivity contribution >= 4 is 17.6 Å². The smallest absolute Gasteiger partial charge is 0.304 e. The predicted octanol–water partition coefficient (Wildman–Crippen LogP) is 3.32. The lowest BCUT2D eigenvalue weighted by Crippen LogP contribution is -2.13. The summed E-state index contributed by atoms with van der Waals surface area (Å²) in [6.45, 7) is -0.550. The Balaban J connectivity index is 2.30. The van der Waals surface area contributed by atoms with Gasteiger partial charge in [-0.15, -0.1) is 0 Å². The molecule has 0 bridgehead atoms. The van der Waals surface area contributed by atoms with Crippen molar-refractivity contribution in [3.05, 3.63) is 34.3 Å². The molecule has 1 aliphatic rings. The molecule has 0 aromatic heterocycles. The van der Waals surface area contributed by atoms with E-state index in [2.05, 4.69) is 0 Å². The van der Waals surface area contributed by atoms with Crippen LogP contribution in [0.25, 0.3) is 0 Å². The highest BCUT2D eigenvalue weighted by Gasteiger charge is 2.47. The molecule has 1 aromatic carbocycles. The van der Waals surface area contributed by atoms with Crippen LogP contribution in [0.2, 0.25) is 5.02 Å². The van der Waals surface area contributed by atoms with Crippen molar-refractivity contribution in [3.8, 4) is 0 Å². The standard InChI is InChI=1S/C12H12ClFO2/c13-10-5-8(7-14)1-2-9(10)12(3-4-12)6-11(15)16/h1-2,5H,3-4,6-7H2,(H,15,16). The van der Waals surface area contributed by atoms with E-state index in [1.54, 1.807) is 18.2 Å². The molecule has 2 nitrogen and oxygen atoms in total. The van der Waals surface area contributed by atoms with Gasteiger partial charge in [-0.25, -0.2) is 4.39 Å². The molecule has 1 aliphatic carbocycles. The molecule has 0 atom stereocenters. The zero-order chi connectivity index (χ0) is 11.8.